The number of unbranched alkanes of at least 4 members (excludes halogenated alkanes) is 5. The van der Waals surface area contributed by atoms with Gasteiger partial charge < -0.3 is 0 Å². The molecule has 0 aromatic rings. The summed E-state index contributed by atoms with van der Waals surface area (Å²) in [4.78, 5) is 0. The molecule has 1 heteroatoms. The van der Waals surface area contributed by atoms with Crippen LogP contribution in [-0.2, 0) is 0 Å². The van der Waals surface area contributed by atoms with E-state index in [9.17, 15) is 0 Å². The van der Waals surface area contributed by atoms with Gasteiger partial charge in [-0.05, 0) is 24.7 Å². The van der Waals surface area contributed by atoms with Crippen LogP contribution >= 0.6 is 11.6 Å². The molecular formula is C13H25Cl. The molecule has 84 valence electrons. The zero-order chi connectivity index (χ0) is 10.3. The summed E-state index contributed by atoms with van der Waals surface area (Å²) in [6.45, 7) is 2.27. The van der Waals surface area contributed by atoms with Crippen LogP contribution in [0.5, 0.6) is 0 Å². The van der Waals surface area contributed by atoms with Crippen LogP contribution in [0.15, 0.2) is 0 Å². The number of halogens is 1. The van der Waals surface area contributed by atoms with Crippen LogP contribution in [0.25, 0.3) is 0 Å². The summed E-state index contributed by atoms with van der Waals surface area (Å²) in [5.74, 6) is 0.905. The number of rotatable bonds is 8. The molecule has 0 aromatic carbocycles. The van der Waals surface area contributed by atoms with E-state index in [4.69, 9.17) is 11.6 Å². The van der Waals surface area contributed by atoms with Crippen molar-refractivity contribution in [2.45, 2.75) is 71.1 Å². The lowest BCUT2D eigenvalue weighted by atomic mass is 9.67. The van der Waals surface area contributed by atoms with Crippen molar-refractivity contribution in [2.75, 3.05) is 5.88 Å². The summed E-state index contributed by atoms with van der Waals surface area (Å²) in [5, 5.41) is 0. The Morgan fingerprint density at radius 1 is 1.00 bits per heavy atom. The lowest BCUT2D eigenvalue weighted by Gasteiger charge is -2.40. The minimum absolute atomic E-state index is 0.576. The van der Waals surface area contributed by atoms with Gasteiger partial charge in [-0.15, -0.1) is 11.6 Å². The minimum Gasteiger partial charge on any atom is -0.126 e. The van der Waals surface area contributed by atoms with Crippen molar-refractivity contribution in [2.24, 2.45) is 5.41 Å². The van der Waals surface area contributed by atoms with Crippen molar-refractivity contribution in [3.05, 3.63) is 0 Å². The molecular weight excluding hydrogens is 192 g/mol. The summed E-state index contributed by atoms with van der Waals surface area (Å²) in [7, 11) is 0. The van der Waals surface area contributed by atoms with Gasteiger partial charge in [-0.3, -0.25) is 0 Å². The van der Waals surface area contributed by atoms with Crippen molar-refractivity contribution < 1.29 is 0 Å². The Bertz CT molecular complexity index is 133. The number of hydrogen-bond acceptors (Lipinski definition) is 0. The van der Waals surface area contributed by atoms with Crippen molar-refractivity contribution in [3.8, 4) is 0 Å². The number of hydrogen-bond donors (Lipinski definition) is 0. The van der Waals surface area contributed by atoms with E-state index in [2.05, 4.69) is 6.92 Å². The first-order valence-electron chi connectivity index (χ1n) is 6.39. The molecule has 1 aliphatic carbocycles. The first-order chi connectivity index (χ1) is 6.83. The van der Waals surface area contributed by atoms with Gasteiger partial charge in [0.25, 0.3) is 0 Å². The molecule has 0 saturated heterocycles. The van der Waals surface area contributed by atoms with Gasteiger partial charge in [0.05, 0.1) is 0 Å². The molecule has 1 aliphatic rings. The van der Waals surface area contributed by atoms with Crippen LogP contribution in [0.1, 0.15) is 71.1 Å². The van der Waals surface area contributed by atoms with Gasteiger partial charge in [0.2, 0.25) is 0 Å². The summed E-state index contributed by atoms with van der Waals surface area (Å²) < 4.78 is 0. The van der Waals surface area contributed by atoms with Gasteiger partial charge in [0, 0.05) is 5.88 Å². The second kappa shape index (κ2) is 6.71. The van der Waals surface area contributed by atoms with Gasteiger partial charge in [-0.1, -0.05) is 51.9 Å². The maximum absolute atomic E-state index is 6.02. The average molecular weight is 217 g/mol. The first-order valence-corrected chi connectivity index (χ1v) is 6.92. The van der Waals surface area contributed by atoms with Crippen LogP contribution < -0.4 is 0 Å². The Labute approximate surface area is 94.4 Å². The fraction of sp³-hybridized carbons (Fsp3) is 1.00. The topological polar surface area (TPSA) is 0 Å². The Morgan fingerprint density at radius 2 is 1.64 bits per heavy atom. The SMILES string of the molecule is CCCCCCCCC1(CCl)CCC1. The van der Waals surface area contributed by atoms with Crippen LogP contribution in [0.4, 0.5) is 0 Å². The summed E-state index contributed by atoms with van der Waals surface area (Å²) in [6, 6.07) is 0. The van der Waals surface area contributed by atoms with E-state index in [0.717, 1.165) is 5.88 Å². The molecule has 0 N–H and O–H groups in total. The summed E-state index contributed by atoms with van der Waals surface area (Å²) in [5.41, 5.74) is 0.576. The maximum Gasteiger partial charge on any atom is 0.0279 e. The van der Waals surface area contributed by atoms with E-state index in [-0.39, 0.29) is 0 Å². The fourth-order valence-electron chi connectivity index (χ4n) is 2.41. The smallest absolute Gasteiger partial charge is 0.0279 e. The second-order valence-corrected chi connectivity index (χ2v) is 5.27. The van der Waals surface area contributed by atoms with Crippen LogP contribution in [-0.4, -0.2) is 5.88 Å². The molecule has 0 unspecified atom stereocenters. The van der Waals surface area contributed by atoms with Crippen molar-refractivity contribution >= 4 is 11.6 Å². The lowest BCUT2D eigenvalue weighted by Crippen LogP contribution is -2.30. The van der Waals surface area contributed by atoms with E-state index in [1.165, 1.54) is 64.2 Å². The highest BCUT2D eigenvalue weighted by Crippen LogP contribution is 2.45. The predicted molar refractivity (Wildman–Crippen MR) is 65.0 cm³/mol. The Hall–Kier alpha value is 0.290. The van der Waals surface area contributed by atoms with E-state index in [0.29, 0.717) is 5.41 Å². The quantitative estimate of drug-likeness (QED) is 0.389. The van der Waals surface area contributed by atoms with Gasteiger partial charge >= 0.3 is 0 Å². The zero-order valence-corrected chi connectivity index (χ0v) is 10.4. The zero-order valence-electron chi connectivity index (χ0n) is 9.66. The Morgan fingerprint density at radius 3 is 2.14 bits per heavy atom. The van der Waals surface area contributed by atoms with Crippen molar-refractivity contribution in [3.63, 3.8) is 0 Å². The Balaban J connectivity index is 1.92. The normalized spacial score (nSPS) is 19.3. The molecule has 1 fully saturated rings. The molecule has 0 spiro atoms. The van der Waals surface area contributed by atoms with E-state index < -0.39 is 0 Å². The van der Waals surface area contributed by atoms with Crippen molar-refractivity contribution in [1.29, 1.82) is 0 Å². The monoisotopic (exact) mass is 216 g/mol. The largest absolute Gasteiger partial charge is 0.126 e. The van der Waals surface area contributed by atoms with E-state index in [1.807, 2.05) is 0 Å². The molecule has 1 rings (SSSR count). The van der Waals surface area contributed by atoms with Gasteiger partial charge in [0.1, 0.15) is 0 Å². The average Bonchev–Trinajstić information content (AvgIpc) is 2.15. The predicted octanol–water partition coefficient (Wildman–Crippen LogP) is 5.15. The van der Waals surface area contributed by atoms with Crippen molar-refractivity contribution in [1.82, 2.24) is 0 Å². The highest BCUT2D eigenvalue weighted by atomic mass is 35.5. The minimum atomic E-state index is 0.576. The molecule has 0 aliphatic heterocycles. The summed E-state index contributed by atoms with van der Waals surface area (Å²) >= 11 is 6.02. The maximum atomic E-state index is 6.02. The third-order valence-corrected chi connectivity index (χ3v) is 4.33. The molecule has 0 nitrogen and oxygen atoms in total. The molecule has 0 amide bonds. The Kier molecular flexibility index (Phi) is 5.93. The highest BCUT2D eigenvalue weighted by Gasteiger charge is 2.34. The third-order valence-electron chi connectivity index (χ3n) is 3.76. The van der Waals surface area contributed by atoms with Gasteiger partial charge in [-0.2, -0.15) is 0 Å². The van der Waals surface area contributed by atoms with Crippen LogP contribution in [0.2, 0.25) is 0 Å². The molecule has 0 radical (unpaired) electrons. The van der Waals surface area contributed by atoms with E-state index in [1.54, 1.807) is 0 Å². The molecule has 14 heavy (non-hydrogen) atoms. The standard InChI is InChI=1S/C13H25Cl/c1-2-3-4-5-6-7-9-13(12-14)10-8-11-13/h2-12H2,1H3. The van der Waals surface area contributed by atoms with Crippen LogP contribution in [0, 0.1) is 5.41 Å². The molecule has 0 aromatic heterocycles. The number of alkyl halides is 1. The lowest BCUT2D eigenvalue weighted by molar-refractivity contribution is 0.146. The van der Waals surface area contributed by atoms with Gasteiger partial charge in [-0.25, -0.2) is 0 Å². The second-order valence-electron chi connectivity index (χ2n) is 5.00. The first kappa shape index (κ1) is 12.4. The van der Waals surface area contributed by atoms with Crippen LogP contribution in [0.3, 0.4) is 0 Å². The molecule has 0 bridgehead atoms. The highest BCUT2D eigenvalue weighted by molar-refractivity contribution is 6.18. The molecule has 0 atom stereocenters. The summed E-state index contributed by atoms with van der Waals surface area (Å²) in [6.07, 6.45) is 14.1. The van der Waals surface area contributed by atoms with E-state index >= 15 is 0 Å². The molecule has 1 saturated carbocycles. The molecule has 0 heterocycles. The van der Waals surface area contributed by atoms with Gasteiger partial charge in [0.15, 0.2) is 0 Å². The third kappa shape index (κ3) is 3.81. The fourth-order valence-corrected chi connectivity index (χ4v) is 2.81.